The summed E-state index contributed by atoms with van der Waals surface area (Å²) in [6.07, 6.45) is -0.635. The van der Waals surface area contributed by atoms with Crippen LogP contribution in [0.15, 0.2) is 35.4 Å². The molecule has 1 saturated carbocycles. The normalized spacial score (nSPS) is 19.3. The Bertz CT molecular complexity index is 774. The molecule has 0 bridgehead atoms. The number of ether oxygens (including phenoxy) is 2. The third-order valence-corrected chi connectivity index (χ3v) is 5.12. The van der Waals surface area contributed by atoms with Crippen molar-refractivity contribution >= 4 is 11.9 Å². The maximum Gasteiger partial charge on any atom is 0.416 e. The second-order valence-electron chi connectivity index (χ2n) is 6.89. The second kappa shape index (κ2) is 7.37. The summed E-state index contributed by atoms with van der Waals surface area (Å²) in [7, 11) is 0. The zero-order valence-electron chi connectivity index (χ0n) is 15.0. The Morgan fingerprint density at radius 1 is 1.22 bits per heavy atom. The lowest BCUT2D eigenvalue weighted by atomic mass is 9.76. The Labute approximate surface area is 155 Å². The molecule has 27 heavy (non-hydrogen) atoms. The van der Waals surface area contributed by atoms with Gasteiger partial charge in [0.1, 0.15) is 11.2 Å². The van der Waals surface area contributed by atoms with Crippen molar-refractivity contribution in [3.63, 3.8) is 0 Å². The maximum absolute atomic E-state index is 13.0. The number of alkyl halides is 3. The van der Waals surface area contributed by atoms with Gasteiger partial charge in [0, 0.05) is 0 Å². The smallest absolute Gasteiger partial charge is 0.416 e. The van der Waals surface area contributed by atoms with Crippen molar-refractivity contribution < 1.29 is 32.2 Å². The molecule has 0 radical (unpaired) electrons. The van der Waals surface area contributed by atoms with Crippen LogP contribution in [0.1, 0.15) is 50.2 Å². The molecule has 1 aliphatic carbocycles. The highest BCUT2D eigenvalue weighted by atomic mass is 19.4. The van der Waals surface area contributed by atoms with E-state index in [4.69, 9.17) is 9.47 Å². The minimum Gasteiger partial charge on any atom is -0.462 e. The molecular weight excluding hydrogens is 361 g/mol. The first-order valence-electron chi connectivity index (χ1n) is 9.07. The lowest BCUT2D eigenvalue weighted by molar-refractivity contribution is -0.152. The molecular formula is C20H21F3O4. The molecule has 7 heteroatoms. The van der Waals surface area contributed by atoms with Crippen molar-refractivity contribution in [3.05, 3.63) is 46.5 Å². The van der Waals surface area contributed by atoms with Crippen LogP contribution < -0.4 is 0 Å². The minimum absolute atomic E-state index is 0.0454. The highest BCUT2D eigenvalue weighted by molar-refractivity contribution is 6.16. The number of rotatable bonds is 4. The van der Waals surface area contributed by atoms with Crippen molar-refractivity contribution in [1.82, 2.24) is 0 Å². The van der Waals surface area contributed by atoms with E-state index in [0.29, 0.717) is 24.0 Å². The Morgan fingerprint density at radius 2 is 1.93 bits per heavy atom. The summed E-state index contributed by atoms with van der Waals surface area (Å²) in [6, 6.07) is 4.93. The standard InChI is InChI=1S/C20H21F3O4/c1-2-26-17(24)16-15(19(27-18(16)25)9-4-3-5-10-19)12-13-7-6-8-14(11-13)20(21,22)23/h6-8,11H,2-5,9-10,12H2,1H3. The molecule has 2 aliphatic rings. The highest BCUT2D eigenvalue weighted by Crippen LogP contribution is 2.45. The first-order valence-corrected chi connectivity index (χ1v) is 9.07. The lowest BCUT2D eigenvalue weighted by Gasteiger charge is -2.34. The zero-order chi connectivity index (χ0) is 19.7. The van der Waals surface area contributed by atoms with Gasteiger partial charge in [-0.3, -0.25) is 0 Å². The number of carbonyl (C=O) groups excluding carboxylic acids is 2. The molecule has 4 nitrogen and oxygen atoms in total. The number of carbonyl (C=O) groups is 2. The van der Waals surface area contributed by atoms with E-state index >= 15 is 0 Å². The average molecular weight is 382 g/mol. The molecule has 0 amide bonds. The molecule has 0 N–H and O–H groups in total. The summed E-state index contributed by atoms with van der Waals surface area (Å²) in [4.78, 5) is 24.8. The summed E-state index contributed by atoms with van der Waals surface area (Å²) < 4.78 is 49.7. The Morgan fingerprint density at radius 3 is 2.56 bits per heavy atom. The van der Waals surface area contributed by atoms with Crippen LogP contribution in [0.2, 0.25) is 0 Å². The van der Waals surface area contributed by atoms with Gasteiger partial charge in [-0.25, -0.2) is 9.59 Å². The molecule has 3 rings (SSSR count). The summed E-state index contributed by atoms with van der Waals surface area (Å²) >= 11 is 0. The van der Waals surface area contributed by atoms with Gasteiger partial charge in [-0.15, -0.1) is 0 Å². The summed E-state index contributed by atoms with van der Waals surface area (Å²) in [5.41, 5.74) is -1.00. The lowest BCUT2D eigenvalue weighted by Crippen LogP contribution is -2.35. The average Bonchev–Trinajstić information content (AvgIpc) is 2.86. The van der Waals surface area contributed by atoms with Crippen molar-refractivity contribution in [3.8, 4) is 0 Å². The molecule has 0 saturated heterocycles. The third kappa shape index (κ3) is 3.87. The summed E-state index contributed by atoms with van der Waals surface area (Å²) in [6.45, 7) is 1.72. The zero-order valence-corrected chi connectivity index (χ0v) is 15.0. The van der Waals surface area contributed by atoms with Crippen molar-refractivity contribution in [2.45, 2.75) is 57.2 Å². The highest BCUT2D eigenvalue weighted by Gasteiger charge is 2.50. The van der Waals surface area contributed by atoms with E-state index in [-0.39, 0.29) is 18.6 Å². The van der Waals surface area contributed by atoms with Crippen LogP contribution in [-0.4, -0.2) is 24.1 Å². The van der Waals surface area contributed by atoms with Crippen LogP contribution in [0.4, 0.5) is 13.2 Å². The number of halogens is 3. The summed E-state index contributed by atoms with van der Waals surface area (Å²) in [5.74, 6) is -1.51. The van der Waals surface area contributed by atoms with E-state index in [9.17, 15) is 22.8 Å². The first kappa shape index (κ1) is 19.5. The number of hydrogen-bond acceptors (Lipinski definition) is 4. The summed E-state index contributed by atoms with van der Waals surface area (Å²) in [5, 5.41) is 0. The monoisotopic (exact) mass is 382 g/mol. The predicted molar refractivity (Wildman–Crippen MR) is 90.7 cm³/mol. The van der Waals surface area contributed by atoms with Crippen LogP contribution >= 0.6 is 0 Å². The molecule has 1 aromatic rings. The van der Waals surface area contributed by atoms with Gasteiger partial charge < -0.3 is 9.47 Å². The fraction of sp³-hybridized carbons (Fsp3) is 0.500. The largest absolute Gasteiger partial charge is 0.462 e. The maximum atomic E-state index is 13.0. The number of hydrogen-bond donors (Lipinski definition) is 0. The van der Waals surface area contributed by atoms with Gasteiger partial charge in [-0.1, -0.05) is 24.6 Å². The molecule has 0 aromatic heterocycles. The third-order valence-electron chi connectivity index (χ3n) is 5.12. The Hall–Kier alpha value is -2.31. The molecule has 1 spiro atoms. The van der Waals surface area contributed by atoms with E-state index in [1.165, 1.54) is 6.07 Å². The van der Waals surface area contributed by atoms with Gasteiger partial charge in [0.05, 0.1) is 12.2 Å². The topological polar surface area (TPSA) is 52.6 Å². The second-order valence-corrected chi connectivity index (χ2v) is 6.89. The van der Waals surface area contributed by atoms with Gasteiger partial charge in [0.2, 0.25) is 0 Å². The van der Waals surface area contributed by atoms with Crippen LogP contribution in [0.3, 0.4) is 0 Å². The van der Waals surface area contributed by atoms with Gasteiger partial charge in [0.25, 0.3) is 0 Å². The first-order chi connectivity index (χ1) is 12.8. The SMILES string of the molecule is CCOC(=O)C1=C(Cc2cccc(C(F)(F)F)c2)C2(CCCCC2)OC1=O. The van der Waals surface area contributed by atoms with Gasteiger partial charge in [-0.2, -0.15) is 13.2 Å². The molecule has 0 unspecified atom stereocenters. The fourth-order valence-electron chi connectivity index (χ4n) is 3.89. The Kier molecular flexibility index (Phi) is 5.31. The van der Waals surface area contributed by atoms with E-state index in [2.05, 4.69) is 0 Å². The minimum atomic E-state index is -4.46. The van der Waals surface area contributed by atoms with Crippen molar-refractivity contribution in [1.29, 1.82) is 0 Å². The molecule has 146 valence electrons. The molecule has 1 heterocycles. The molecule has 1 fully saturated rings. The van der Waals surface area contributed by atoms with Crippen LogP contribution in [-0.2, 0) is 31.7 Å². The van der Waals surface area contributed by atoms with Gasteiger partial charge in [-0.05, 0) is 56.2 Å². The van der Waals surface area contributed by atoms with Crippen LogP contribution in [0.25, 0.3) is 0 Å². The van der Waals surface area contributed by atoms with Gasteiger partial charge >= 0.3 is 18.1 Å². The van der Waals surface area contributed by atoms with Gasteiger partial charge in [0.15, 0.2) is 0 Å². The van der Waals surface area contributed by atoms with Crippen molar-refractivity contribution in [2.75, 3.05) is 6.61 Å². The van der Waals surface area contributed by atoms with E-state index in [1.54, 1.807) is 13.0 Å². The van der Waals surface area contributed by atoms with Crippen LogP contribution in [0, 0.1) is 0 Å². The Balaban J connectivity index is 2.03. The molecule has 1 aromatic carbocycles. The van der Waals surface area contributed by atoms with Crippen LogP contribution in [0.5, 0.6) is 0 Å². The van der Waals surface area contributed by atoms with E-state index < -0.39 is 29.3 Å². The fourth-order valence-corrected chi connectivity index (χ4v) is 3.89. The number of esters is 2. The van der Waals surface area contributed by atoms with Crippen molar-refractivity contribution in [2.24, 2.45) is 0 Å². The number of benzene rings is 1. The van der Waals surface area contributed by atoms with E-state index in [1.807, 2.05) is 0 Å². The quantitative estimate of drug-likeness (QED) is 0.573. The molecule has 1 aliphatic heterocycles. The predicted octanol–water partition coefficient (Wildman–Crippen LogP) is 4.37. The molecule has 0 atom stereocenters. The van der Waals surface area contributed by atoms with E-state index in [0.717, 1.165) is 31.4 Å².